The summed E-state index contributed by atoms with van der Waals surface area (Å²) in [6, 6.07) is 16.7. The summed E-state index contributed by atoms with van der Waals surface area (Å²) >= 11 is 0. The van der Waals surface area contributed by atoms with Gasteiger partial charge in [-0.25, -0.2) is 4.79 Å². The normalized spacial score (nSPS) is 26.4. The number of ether oxygens (including phenoxy) is 3. The maximum absolute atomic E-state index is 12.7. The van der Waals surface area contributed by atoms with Crippen LogP contribution in [-0.2, 0) is 28.5 Å². The Bertz CT molecular complexity index is 1380. The van der Waals surface area contributed by atoms with E-state index >= 15 is 0 Å². The predicted molar refractivity (Wildman–Crippen MR) is 118 cm³/mol. The van der Waals surface area contributed by atoms with Crippen LogP contribution in [0.2, 0.25) is 0 Å². The third-order valence-corrected chi connectivity index (χ3v) is 7.04. The van der Waals surface area contributed by atoms with Gasteiger partial charge in [0.05, 0.1) is 11.5 Å². The number of H-pyrrole nitrogens is 1. The standard InChI is InChI=1S/C23H22N2O8S/c1-14-7-9-16(10-8-14)34(28,29)30-13-17-19-20(33-22(32-19)15-5-3-2-4-6-15)21(31-17)25-12-11-18(26)24-23(25)27/h2-12,17,19-22H,13H2,1H3,(H,24,26,27). The van der Waals surface area contributed by atoms with Gasteiger partial charge < -0.3 is 14.2 Å². The molecule has 0 spiro atoms. The summed E-state index contributed by atoms with van der Waals surface area (Å²) in [6.07, 6.45) is -2.72. The monoisotopic (exact) mass is 486 g/mol. The lowest BCUT2D eigenvalue weighted by molar-refractivity contribution is -0.153. The van der Waals surface area contributed by atoms with Crippen LogP contribution in [0, 0.1) is 6.92 Å². The third-order valence-electron chi connectivity index (χ3n) is 5.74. The van der Waals surface area contributed by atoms with Gasteiger partial charge in [-0.05, 0) is 19.1 Å². The second-order valence-electron chi connectivity index (χ2n) is 8.08. The molecule has 5 rings (SSSR count). The maximum atomic E-state index is 12.7. The molecule has 2 saturated heterocycles. The lowest BCUT2D eigenvalue weighted by Gasteiger charge is -2.21. The zero-order valence-corrected chi connectivity index (χ0v) is 18.9. The Morgan fingerprint density at radius 2 is 1.65 bits per heavy atom. The SMILES string of the molecule is Cc1ccc(S(=O)(=O)OCC2OC(n3ccc(=O)[nH]c3=O)C3OC(c4ccccc4)OC23)cc1. The molecule has 0 amide bonds. The molecule has 3 heterocycles. The first-order valence-electron chi connectivity index (χ1n) is 10.6. The summed E-state index contributed by atoms with van der Waals surface area (Å²) in [7, 11) is -4.05. The molecular formula is C23H22N2O8S. The Labute approximate surface area is 194 Å². The fourth-order valence-corrected chi connectivity index (χ4v) is 4.94. The average Bonchev–Trinajstić information content (AvgIpc) is 3.39. The molecule has 2 aliphatic heterocycles. The van der Waals surface area contributed by atoms with Gasteiger partial charge in [-0.1, -0.05) is 48.0 Å². The quantitative estimate of drug-likeness (QED) is 0.521. The first-order chi connectivity index (χ1) is 16.3. The van der Waals surface area contributed by atoms with Crippen LogP contribution in [0.25, 0.3) is 0 Å². The first kappa shape index (κ1) is 22.7. The molecule has 3 aromatic rings. The van der Waals surface area contributed by atoms with E-state index in [-0.39, 0.29) is 11.5 Å². The van der Waals surface area contributed by atoms with Crippen molar-refractivity contribution in [1.29, 1.82) is 0 Å². The Morgan fingerprint density at radius 1 is 0.941 bits per heavy atom. The number of nitrogens with zero attached hydrogens (tertiary/aromatic N) is 1. The number of nitrogens with one attached hydrogen (secondary N) is 1. The summed E-state index contributed by atoms with van der Waals surface area (Å²) in [5.74, 6) is 0. The highest BCUT2D eigenvalue weighted by molar-refractivity contribution is 7.86. The van der Waals surface area contributed by atoms with Crippen molar-refractivity contribution in [3.8, 4) is 0 Å². The molecule has 0 saturated carbocycles. The second-order valence-corrected chi connectivity index (χ2v) is 9.69. The number of fused-ring (bicyclic) bond motifs is 1. The van der Waals surface area contributed by atoms with Gasteiger partial charge in [0.1, 0.15) is 18.3 Å². The van der Waals surface area contributed by atoms with Crippen molar-refractivity contribution in [3.63, 3.8) is 0 Å². The number of aromatic nitrogens is 2. The topological polar surface area (TPSA) is 126 Å². The van der Waals surface area contributed by atoms with Crippen LogP contribution in [0.3, 0.4) is 0 Å². The van der Waals surface area contributed by atoms with E-state index in [1.807, 2.05) is 37.3 Å². The Kier molecular flexibility index (Phi) is 5.96. The van der Waals surface area contributed by atoms with E-state index in [0.717, 1.165) is 11.1 Å². The minimum Gasteiger partial charge on any atom is -0.346 e. The number of rotatable bonds is 6. The van der Waals surface area contributed by atoms with Gasteiger partial charge in [0.2, 0.25) is 0 Å². The van der Waals surface area contributed by atoms with Gasteiger partial charge in [-0.15, -0.1) is 0 Å². The number of hydrogen-bond donors (Lipinski definition) is 1. The van der Waals surface area contributed by atoms with E-state index in [9.17, 15) is 18.0 Å². The van der Waals surface area contributed by atoms with Crippen LogP contribution in [0.5, 0.6) is 0 Å². The molecule has 1 N–H and O–H groups in total. The molecule has 0 bridgehead atoms. The molecule has 2 aliphatic rings. The molecule has 5 atom stereocenters. The number of aryl methyl sites for hydroxylation is 1. The minimum absolute atomic E-state index is 0.0202. The predicted octanol–water partition coefficient (Wildman–Crippen LogP) is 1.63. The lowest BCUT2D eigenvalue weighted by atomic mass is 10.1. The fourth-order valence-electron chi connectivity index (χ4n) is 4.02. The number of hydrogen-bond acceptors (Lipinski definition) is 8. The lowest BCUT2D eigenvalue weighted by Crippen LogP contribution is -2.36. The summed E-state index contributed by atoms with van der Waals surface area (Å²) in [5, 5.41) is 0. The molecular weight excluding hydrogens is 464 g/mol. The van der Waals surface area contributed by atoms with Crippen molar-refractivity contribution < 1.29 is 26.8 Å². The molecule has 11 heteroatoms. The van der Waals surface area contributed by atoms with Crippen LogP contribution in [0.1, 0.15) is 23.6 Å². The van der Waals surface area contributed by atoms with Gasteiger partial charge in [-0.2, -0.15) is 8.42 Å². The molecule has 0 radical (unpaired) electrons. The fraction of sp³-hybridized carbons (Fsp3) is 0.304. The van der Waals surface area contributed by atoms with Crippen molar-refractivity contribution in [3.05, 3.63) is 98.8 Å². The van der Waals surface area contributed by atoms with Gasteiger partial charge >= 0.3 is 5.69 Å². The number of aromatic amines is 1. The molecule has 1 aromatic heterocycles. The second kappa shape index (κ2) is 8.93. The van der Waals surface area contributed by atoms with Crippen LogP contribution in [0.15, 0.2) is 81.3 Å². The molecule has 10 nitrogen and oxygen atoms in total. The van der Waals surface area contributed by atoms with Crippen LogP contribution in [0.4, 0.5) is 0 Å². The van der Waals surface area contributed by atoms with E-state index in [0.29, 0.717) is 0 Å². The Morgan fingerprint density at radius 3 is 2.35 bits per heavy atom. The summed E-state index contributed by atoms with van der Waals surface area (Å²) in [4.78, 5) is 26.1. The first-order valence-corrected chi connectivity index (χ1v) is 12.0. The molecule has 34 heavy (non-hydrogen) atoms. The summed E-state index contributed by atoms with van der Waals surface area (Å²) in [5.41, 5.74) is 0.442. The zero-order valence-electron chi connectivity index (χ0n) is 18.1. The molecule has 2 aromatic carbocycles. The van der Waals surface area contributed by atoms with Crippen LogP contribution >= 0.6 is 0 Å². The highest BCUT2D eigenvalue weighted by atomic mass is 32.2. The van der Waals surface area contributed by atoms with E-state index in [4.69, 9.17) is 18.4 Å². The van der Waals surface area contributed by atoms with Crippen molar-refractivity contribution in [2.45, 2.75) is 42.6 Å². The van der Waals surface area contributed by atoms with Gasteiger partial charge in [0, 0.05) is 17.8 Å². The summed E-state index contributed by atoms with van der Waals surface area (Å²) in [6.45, 7) is 1.50. The van der Waals surface area contributed by atoms with Crippen molar-refractivity contribution >= 4 is 10.1 Å². The molecule has 2 fully saturated rings. The molecule has 0 aliphatic carbocycles. The maximum Gasteiger partial charge on any atom is 0.330 e. The van der Waals surface area contributed by atoms with Crippen molar-refractivity contribution in [2.75, 3.05) is 6.61 Å². The van der Waals surface area contributed by atoms with Crippen LogP contribution in [-0.4, -0.2) is 42.9 Å². The highest BCUT2D eigenvalue weighted by Gasteiger charge is 2.54. The Balaban J connectivity index is 1.41. The smallest absolute Gasteiger partial charge is 0.330 e. The highest BCUT2D eigenvalue weighted by Crippen LogP contribution is 2.43. The largest absolute Gasteiger partial charge is 0.346 e. The van der Waals surface area contributed by atoms with E-state index in [1.165, 1.54) is 29.0 Å². The zero-order chi connectivity index (χ0) is 23.9. The van der Waals surface area contributed by atoms with Gasteiger partial charge in [-0.3, -0.25) is 18.5 Å². The van der Waals surface area contributed by atoms with E-state index < -0.39 is 52.2 Å². The molecule has 5 unspecified atom stereocenters. The van der Waals surface area contributed by atoms with Gasteiger partial charge in [0.25, 0.3) is 15.7 Å². The van der Waals surface area contributed by atoms with E-state index in [1.54, 1.807) is 12.1 Å². The van der Waals surface area contributed by atoms with Gasteiger partial charge in [0.15, 0.2) is 12.5 Å². The summed E-state index contributed by atoms with van der Waals surface area (Å²) < 4.78 is 50.0. The van der Waals surface area contributed by atoms with Crippen molar-refractivity contribution in [2.24, 2.45) is 0 Å². The number of benzene rings is 2. The Hall–Kier alpha value is -3.09. The van der Waals surface area contributed by atoms with E-state index in [2.05, 4.69) is 4.98 Å². The third kappa shape index (κ3) is 4.36. The minimum atomic E-state index is -4.05. The van der Waals surface area contributed by atoms with Crippen molar-refractivity contribution in [1.82, 2.24) is 9.55 Å². The average molecular weight is 487 g/mol. The van der Waals surface area contributed by atoms with Crippen LogP contribution < -0.4 is 11.2 Å². The molecule has 178 valence electrons.